The van der Waals surface area contributed by atoms with Crippen molar-refractivity contribution >= 4 is 21.6 Å². The Bertz CT molecular complexity index is 881. The molecule has 0 unspecified atom stereocenters. The zero-order valence-corrected chi connectivity index (χ0v) is 16.4. The number of sulfonamides is 1. The molecule has 8 heteroatoms. The van der Waals surface area contributed by atoms with Gasteiger partial charge in [0.05, 0.1) is 17.7 Å². The number of carbonyl (C=O) groups is 1. The van der Waals surface area contributed by atoms with Crippen LogP contribution in [0.15, 0.2) is 53.4 Å². The first-order chi connectivity index (χ1) is 12.8. The second-order valence-electron chi connectivity index (χ2n) is 5.70. The van der Waals surface area contributed by atoms with E-state index >= 15 is 0 Å². The van der Waals surface area contributed by atoms with Crippen LogP contribution in [-0.4, -0.2) is 46.0 Å². The molecule has 0 fully saturated rings. The van der Waals surface area contributed by atoms with Gasteiger partial charge in [-0.2, -0.15) is 0 Å². The summed E-state index contributed by atoms with van der Waals surface area (Å²) in [5.74, 6) is -0.566. The van der Waals surface area contributed by atoms with Gasteiger partial charge >= 0.3 is 0 Å². The maximum atomic E-state index is 13.2. The van der Waals surface area contributed by atoms with Gasteiger partial charge in [-0.25, -0.2) is 12.8 Å². The topological polar surface area (TPSA) is 66.9 Å². The van der Waals surface area contributed by atoms with Crippen LogP contribution < -0.4 is 9.04 Å². The molecule has 0 atom stereocenters. The van der Waals surface area contributed by atoms with E-state index in [1.165, 1.54) is 19.2 Å². The van der Waals surface area contributed by atoms with Gasteiger partial charge in [0.2, 0.25) is 5.91 Å². The fraction of sp³-hybridized carbons (Fsp3) is 0.316. The van der Waals surface area contributed by atoms with Crippen LogP contribution in [0.4, 0.5) is 10.1 Å². The summed E-state index contributed by atoms with van der Waals surface area (Å²) in [5, 5.41) is 0. The number of hydrogen-bond donors (Lipinski definition) is 0. The van der Waals surface area contributed by atoms with Crippen molar-refractivity contribution in [2.75, 3.05) is 31.0 Å². The van der Waals surface area contributed by atoms with Gasteiger partial charge in [0.25, 0.3) is 10.0 Å². The molecule has 0 aromatic heterocycles. The Labute approximate surface area is 159 Å². The number of hydrogen-bond acceptors (Lipinski definition) is 4. The molecule has 0 aliphatic rings. The molecule has 2 aromatic rings. The third kappa shape index (κ3) is 4.57. The summed E-state index contributed by atoms with van der Waals surface area (Å²) in [4.78, 5) is 14.1. The summed E-state index contributed by atoms with van der Waals surface area (Å²) in [6.45, 7) is 4.19. The predicted molar refractivity (Wildman–Crippen MR) is 102 cm³/mol. The zero-order valence-electron chi connectivity index (χ0n) is 15.6. The first kappa shape index (κ1) is 20.7. The van der Waals surface area contributed by atoms with E-state index in [-0.39, 0.29) is 23.0 Å². The van der Waals surface area contributed by atoms with Crippen molar-refractivity contribution in [1.29, 1.82) is 0 Å². The highest BCUT2D eigenvalue weighted by Crippen LogP contribution is 2.32. The Morgan fingerprint density at radius 1 is 1.04 bits per heavy atom. The van der Waals surface area contributed by atoms with Crippen LogP contribution in [0.3, 0.4) is 0 Å². The van der Waals surface area contributed by atoms with Gasteiger partial charge in [0.15, 0.2) is 0 Å². The number of halogens is 1. The van der Waals surface area contributed by atoms with E-state index in [0.717, 1.165) is 16.4 Å². The highest BCUT2D eigenvalue weighted by molar-refractivity contribution is 7.92. The van der Waals surface area contributed by atoms with Gasteiger partial charge in [-0.05, 0) is 50.2 Å². The number of likely N-dealkylation sites (N-methyl/N-ethyl adjacent to an activating group) is 1. The molecule has 0 radical (unpaired) electrons. The van der Waals surface area contributed by atoms with Crippen molar-refractivity contribution in [1.82, 2.24) is 4.90 Å². The van der Waals surface area contributed by atoms with E-state index in [9.17, 15) is 17.6 Å². The van der Waals surface area contributed by atoms with E-state index in [1.807, 2.05) is 13.8 Å². The molecule has 0 spiro atoms. The molecule has 0 aliphatic carbocycles. The summed E-state index contributed by atoms with van der Waals surface area (Å²) >= 11 is 0. The molecule has 0 N–H and O–H groups in total. The predicted octanol–water partition coefficient (Wildman–Crippen LogP) is 2.90. The average Bonchev–Trinajstić information content (AvgIpc) is 2.67. The molecule has 0 bridgehead atoms. The molecule has 0 saturated heterocycles. The lowest BCUT2D eigenvalue weighted by atomic mass is 10.3. The van der Waals surface area contributed by atoms with Crippen LogP contribution >= 0.6 is 0 Å². The Kier molecular flexibility index (Phi) is 6.79. The smallest absolute Gasteiger partial charge is 0.264 e. The van der Waals surface area contributed by atoms with Crippen LogP contribution in [-0.2, 0) is 14.8 Å². The SMILES string of the molecule is CCN(CC)C(=O)CN(c1ccccc1OC)S(=O)(=O)c1ccc(F)cc1. The lowest BCUT2D eigenvalue weighted by molar-refractivity contribution is -0.129. The minimum atomic E-state index is -4.11. The average molecular weight is 394 g/mol. The molecule has 6 nitrogen and oxygen atoms in total. The molecule has 27 heavy (non-hydrogen) atoms. The van der Waals surface area contributed by atoms with Crippen LogP contribution in [0, 0.1) is 5.82 Å². The fourth-order valence-corrected chi connectivity index (χ4v) is 4.09. The maximum absolute atomic E-state index is 13.2. The molecule has 1 amide bonds. The highest BCUT2D eigenvalue weighted by atomic mass is 32.2. The number of methoxy groups -OCH3 is 1. The normalized spacial score (nSPS) is 11.1. The molecule has 2 rings (SSSR count). The molecule has 0 saturated carbocycles. The van der Waals surface area contributed by atoms with Crippen molar-refractivity contribution < 1.29 is 22.3 Å². The number of benzene rings is 2. The number of para-hydroxylation sites is 2. The summed E-state index contributed by atoms with van der Waals surface area (Å²) in [5.41, 5.74) is 0.241. The Hall–Kier alpha value is -2.61. The Balaban J connectivity index is 2.55. The second-order valence-corrected chi connectivity index (χ2v) is 7.57. The first-order valence-corrected chi connectivity index (χ1v) is 9.98. The van der Waals surface area contributed by atoms with E-state index in [4.69, 9.17) is 4.74 Å². The summed E-state index contributed by atoms with van der Waals surface area (Å²) in [6, 6.07) is 11.0. The monoisotopic (exact) mass is 394 g/mol. The van der Waals surface area contributed by atoms with Gasteiger partial charge in [0.1, 0.15) is 18.1 Å². The summed E-state index contributed by atoms with van der Waals surface area (Å²) in [6.07, 6.45) is 0. The first-order valence-electron chi connectivity index (χ1n) is 8.54. The standard InChI is InChI=1S/C19H23FN2O4S/c1-4-21(5-2)19(23)14-22(17-8-6-7-9-18(17)26-3)27(24,25)16-12-10-15(20)11-13-16/h6-13H,4-5,14H2,1-3H3. The van der Waals surface area contributed by atoms with E-state index in [2.05, 4.69) is 0 Å². The molecule has 2 aromatic carbocycles. The van der Waals surface area contributed by atoms with Crippen molar-refractivity contribution in [2.45, 2.75) is 18.7 Å². The zero-order chi connectivity index (χ0) is 20.0. The molecular weight excluding hydrogens is 371 g/mol. The van der Waals surface area contributed by atoms with Gasteiger partial charge in [-0.15, -0.1) is 0 Å². The Morgan fingerprint density at radius 2 is 1.63 bits per heavy atom. The molecular formula is C19H23FN2O4S. The number of amides is 1. The van der Waals surface area contributed by atoms with Crippen LogP contribution in [0.25, 0.3) is 0 Å². The number of anilines is 1. The largest absolute Gasteiger partial charge is 0.495 e. The third-order valence-electron chi connectivity index (χ3n) is 4.15. The minimum Gasteiger partial charge on any atom is -0.495 e. The quantitative estimate of drug-likeness (QED) is 0.691. The molecule has 146 valence electrons. The minimum absolute atomic E-state index is 0.109. The van der Waals surface area contributed by atoms with E-state index in [1.54, 1.807) is 29.2 Å². The molecule has 0 aliphatic heterocycles. The summed E-state index contributed by atoms with van der Waals surface area (Å²) < 4.78 is 46.0. The fourth-order valence-electron chi connectivity index (χ4n) is 2.67. The van der Waals surface area contributed by atoms with Gasteiger partial charge in [-0.3, -0.25) is 9.10 Å². The summed E-state index contributed by atoms with van der Waals surface area (Å²) in [7, 11) is -2.68. The molecule has 0 heterocycles. The number of rotatable bonds is 8. The second kappa shape index (κ2) is 8.85. The van der Waals surface area contributed by atoms with Crippen molar-refractivity contribution in [3.63, 3.8) is 0 Å². The van der Waals surface area contributed by atoms with Crippen LogP contribution in [0.5, 0.6) is 5.75 Å². The van der Waals surface area contributed by atoms with E-state index in [0.29, 0.717) is 18.8 Å². The van der Waals surface area contributed by atoms with E-state index < -0.39 is 15.8 Å². The van der Waals surface area contributed by atoms with Crippen molar-refractivity contribution in [2.24, 2.45) is 0 Å². The Morgan fingerprint density at radius 3 is 2.19 bits per heavy atom. The number of nitrogens with zero attached hydrogens (tertiary/aromatic N) is 2. The van der Waals surface area contributed by atoms with Crippen LogP contribution in [0.1, 0.15) is 13.8 Å². The van der Waals surface area contributed by atoms with Gasteiger partial charge < -0.3 is 9.64 Å². The number of carbonyl (C=O) groups excluding carboxylic acids is 1. The highest BCUT2D eigenvalue weighted by Gasteiger charge is 2.30. The van der Waals surface area contributed by atoms with Gasteiger partial charge in [-0.1, -0.05) is 12.1 Å². The van der Waals surface area contributed by atoms with Crippen molar-refractivity contribution in [3.8, 4) is 5.75 Å². The van der Waals surface area contributed by atoms with Gasteiger partial charge in [0, 0.05) is 13.1 Å². The lowest BCUT2D eigenvalue weighted by Gasteiger charge is -2.28. The maximum Gasteiger partial charge on any atom is 0.264 e. The third-order valence-corrected chi connectivity index (χ3v) is 5.92. The van der Waals surface area contributed by atoms with Crippen LogP contribution in [0.2, 0.25) is 0 Å². The lowest BCUT2D eigenvalue weighted by Crippen LogP contribution is -2.43. The van der Waals surface area contributed by atoms with Crippen molar-refractivity contribution in [3.05, 3.63) is 54.3 Å². The number of ether oxygens (including phenoxy) is 1.